The molecule has 24 heavy (non-hydrogen) atoms. The lowest BCUT2D eigenvalue weighted by molar-refractivity contribution is 0.0957. The van der Waals surface area contributed by atoms with Crippen molar-refractivity contribution in [2.75, 3.05) is 6.54 Å². The Morgan fingerprint density at radius 2 is 2.04 bits per heavy atom. The molecule has 6 nitrogen and oxygen atoms in total. The van der Waals surface area contributed by atoms with Crippen LogP contribution in [0.3, 0.4) is 0 Å². The fraction of sp³-hybridized carbons (Fsp3) is 0.167. The minimum atomic E-state index is -0.277. The van der Waals surface area contributed by atoms with Crippen LogP contribution in [0.1, 0.15) is 17.3 Å². The first-order chi connectivity index (χ1) is 11.7. The van der Waals surface area contributed by atoms with Gasteiger partial charge in [-0.25, -0.2) is 0 Å². The zero-order chi connectivity index (χ0) is 17.1. The summed E-state index contributed by atoms with van der Waals surface area (Å²) in [7, 11) is 0. The van der Waals surface area contributed by atoms with Gasteiger partial charge in [-0.15, -0.1) is 6.58 Å². The highest BCUT2D eigenvalue weighted by Crippen LogP contribution is 2.22. The van der Waals surface area contributed by atoms with Crippen LogP contribution >= 0.6 is 0 Å². The zero-order valence-corrected chi connectivity index (χ0v) is 13.4. The summed E-state index contributed by atoms with van der Waals surface area (Å²) < 4.78 is 3.14. The third-order valence-electron chi connectivity index (χ3n) is 3.74. The third kappa shape index (κ3) is 2.74. The standard InChI is InChI=1S/C18H18N4O2/c1-3-10-19-17(23)14-11-21(4-2)12-15-16(14)20-22(18(15)24)13-8-6-5-7-9-13/h3,5-9,11-12H,1,4,10H2,2H3,(H,19,23). The molecule has 122 valence electrons. The van der Waals surface area contributed by atoms with Crippen LogP contribution in [-0.2, 0) is 6.54 Å². The molecule has 0 aromatic heterocycles. The molecule has 6 heteroatoms. The number of fused-ring (bicyclic) bond motifs is 1. The van der Waals surface area contributed by atoms with Crippen LogP contribution in [0.15, 0.2) is 60.2 Å². The zero-order valence-electron chi connectivity index (χ0n) is 13.4. The van der Waals surface area contributed by atoms with Crippen molar-refractivity contribution < 1.29 is 4.79 Å². The molecular formula is C18H18N4O2. The Morgan fingerprint density at radius 3 is 2.71 bits per heavy atom. The number of hydrogen-bond acceptors (Lipinski definition) is 3. The van der Waals surface area contributed by atoms with Gasteiger partial charge in [0, 0.05) is 25.5 Å². The van der Waals surface area contributed by atoms with Gasteiger partial charge in [-0.1, -0.05) is 24.3 Å². The van der Waals surface area contributed by atoms with E-state index in [9.17, 15) is 9.59 Å². The molecule has 0 spiro atoms. The van der Waals surface area contributed by atoms with Gasteiger partial charge in [-0.3, -0.25) is 9.59 Å². The molecule has 0 radical (unpaired) electrons. The van der Waals surface area contributed by atoms with Gasteiger partial charge in [-0.05, 0) is 19.1 Å². The second kappa shape index (κ2) is 6.54. The van der Waals surface area contributed by atoms with Gasteiger partial charge < -0.3 is 9.88 Å². The van der Waals surface area contributed by atoms with E-state index < -0.39 is 0 Å². The van der Waals surface area contributed by atoms with Crippen LogP contribution in [0.2, 0.25) is 0 Å². The number of carbonyl (C=O) groups is 1. The number of hydrogen-bond donors (Lipinski definition) is 1. The lowest BCUT2D eigenvalue weighted by Gasteiger charge is -2.10. The van der Waals surface area contributed by atoms with E-state index >= 15 is 0 Å². The summed E-state index contributed by atoms with van der Waals surface area (Å²) in [5, 5.41) is 7.13. The van der Waals surface area contributed by atoms with Gasteiger partial charge in [0.25, 0.3) is 11.5 Å². The molecular weight excluding hydrogens is 304 g/mol. The number of pyridine rings is 1. The highest BCUT2D eigenvalue weighted by molar-refractivity contribution is 5.99. The third-order valence-corrected chi connectivity index (χ3v) is 3.74. The molecule has 3 rings (SSSR count). The van der Waals surface area contributed by atoms with Crippen molar-refractivity contribution in [1.29, 1.82) is 0 Å². The average Bonchev–Trinajstić information content (AvgIpc) is 2.96. The van der Waals surface area contributed by atoms with Crippen molar-refractivity contribution in [1.82, 2.24) is 19.7 Å². The van der Waals surface area contributed by atoms with Crippen LogP contribution in [0.4, 0.5) is 0 Å². The molecule has 2 aliphatic rings. The number of aryl methyl sites for hydroxylation is 1. The van der Waals surface area contributed by atoms with Crippen LogP contribution in [0.5, 0.6) is 0 Å². The fourth-order valence-electron chi connectivity index (χ4n) is 2.51. The second-order valence-corrected chi connectivity index (χ2v) is 5.32. The molecule has 1 amide bonds. The molecule has 1 N–H and O–H groups in total. The molecule has 0 fully saturated rings. The number of rotatable bonds is 5. The van der Waals surface area contributed by atoms with E-state index in [4.69, 9.17) is 0 Å². The lowest BCUT2D eigenvalue weighted by Crippen LogP contribution is -2.25. The van der Waals surface area contributed by atoms with Gasteiger partial charge in [0.1, 0.15) is 5.69 Å². The Morgan fingerprint density at radius 1 is 1.29 bits per heavy atom. The maximum absolute atomic E-state index is 12.7. The molecule has 2 heterocycles. The smallest absolute Gasteiger partial charge is 0.282 e. The summed E-state index contributed by atoms with van der Waals surface area (Å²) in [6.45, 7) is 6.54. The number of benzene rings is 1. The van der Waals surface area contributed by atoms with E-state index in [-0.39, 0.29) is 11.5 Å². The first kappa shape index (κ1) is 15.7. The SMILES string of the molecule is C=CCNC(=O)c1cn(CC)cc2c(=O)n(-c3ccccc3)nc1-2. The Kier molecular flexibility index (Phi) is 4.29. The minimum absolute atomic E-state index is 0.239. The average molecular weight is 322 g/mol. The van der Waals surface area contributed by atoms with Crippen molar-refractivity contribution in [3.63, 3.8) is 0 Å². The summed E-state index contributed by atoms with van der Waals surface area (Å²) in [6.07, 6.45) is 5.05. The van der Waals surface area contributed by atoms with Gasteiger partial charge >= 0.3 is 0 Å². The van der Waals surface area contributed by atoms with E-state index in [1.807, 2.05) is 29.7 Å². The first-order valence-electron chi connectivity index (χ1n) is 7.73. The van der Waals surface area contributed by atoms with Gasteiger partial charge in [0.05, 0.1) is 16.8 Å². The van der Waals surface area contributed by atoms with Gasteiger partial charge in [-0.2, -0.15) is 9.78 Å². The fourth-order valence-corrected chi connectivity index (χ4v) is 2.51. The Labute approximate surface area is 139 Å². The molecule has 0 aliphatic carbocycles. The van der Waals surface area contributed by atoms with E-state index in [0.717, 1.165) is 0 Å². The molecule has 0 saturated heterocycles. The van der Waals surface area contributed by atoms with Crippen LogP contribution in [0.25, 0.3) is 16.9 Å². The van der Waals surface area contributed by atoms with E-state index in [1.54, 1.807) is 30.6 Å². The van der Waals surface area contributed by atoms with Crippen molar-refractivity contribution in [2.24, 2.45) is 0 Å². The number of para-hydroxylation sites is 1. The Hall–Kier alpha value is -3.15. The number of aromatic nitrogens is 3. The maximum Gasteiger partial charge on any atom is 0.282 e. The summed E-state index contributed by atoms with van der Waals surface area (Å²) in [5.41, 5.74) is 1.63. The summed E-state index contributed by atoms with van der Waals surface area (Å²) in [5.74, 6) is -0.277. The highest BCUT2D eigenvalue weighted by atomic mass is 16.2. The topological polar surface area (TPSA) is 68.9 Å². The largest absolute Gasteiger partial charge is 0.353 e. The summed E-state index contributed by atoms with van der Waals surface area (Å²) in [6, 6.07) is 9.16. The number of nitrogens with one attached hydrogen (secondary N) is 1. The van der Waals surface area contributed by atoms with Crippen molar-refractivity contribution >= 4 is 5.91 Å². The van der Waals surface area contributed by atoms with Gasteiger partial charge in [0.15, 0.2) is 0 Å². The number of amides is 1. The maximum atomic E-state index is 12.7. The molecule has 0 saturated carbocycles. The summed E-state index contributed by atoms with van der Waals surface area (Å²) >= 11 is 0. The number of carbonyl (C=O) groups excluding carboxylic acids is 1. The quantitative estimate of drug-likeness (QED) is 0.731. The predicted molar refractivity (Wildman–Crippen MR) is 92.7 cm³/mol. The van der Waals surface area contributed by atoms with Crippen LogP contribution in [-0.4, -0.2) is 26.8 Å². The molecule has 1 aromatic rings. The molecule has 0 atom stereocenters. The highest BCUT2D eigenvalue weighted by Gasteiger charge is 2.23. The summed E-state index contributed by atoms with van der Waals surface area (Å²) in [4.78, 5) is 25.1. The van der Waals surface area contributed by atoms with Crippen LogP contribution in [0, 0.1) is 0 Å². The van der Waals surface area contributed by atoms with E-state index in [1.165, 1.54) is 4.68 Å². The molecule has 0 unspecified atom stereocenters. The molecule has 2 aliphatic heterocycles. The predicted octanol–water partition coefficient (Wildman–Crippen LogP) is 2.07. The van der Waals surface area contributed by atoms with E-state index in [0.29, 0.717) is 35.6 Å². The van der Waals surface area contributed by atoms with Crippen LogP contribution < -0.4 is 10.9 Å². The minimum Gasteiger partial charge on any atom is -0.353 e. The van der Waals surface area contributed by atoms with E-state index in [2.05, 4.69) is 17.0 Å². The second-order valence-electron chi connectivity index (χ2n) is 5.32. The molecule has 1 aromatic carbocycles. The van der Waals surface area contributed by atoms with Crippen molar-refractivity contribution in [3.05, 3.63) is 71.3 Å². The van der Waals surface area contributed by atoms with Gasteiger partial charge in [0.2, 0.25) is 0 Å². The van der Waals surface area contributed by atoms with Crippen molar-refractivity contribution in [2.45, 2.75) is 13.5 Å². The normalized spacial score (nSPS) is 10.7. The first-order valence-corrected chi connectivity index (χ1v) is 7.73. The lowest BCUT2D eigenvalue weighted by atomic mass is 10.1. The van der Waals surface area contributed by atoms with Crippen molar-refractivity contribution in [3.8, 4) is 16.9 Å². The Bertz CT molecular complexity index is 909. The number of nitrogens with zero attached hydrogens (tertiary/aromatic N) is 3. The molecule has 0 bridgehead atoms. The Balaban J connectivity index is 2.20. The monoisotopic (exact) mass is 322 g/mol.